The molecule has 20 heavy (non-hydrogen) atoms. The van der Waals surface area contributed by atoms with Gasteiger partial charge in [-0.05, 0) is 17.3 Å². The molecule has 2 rings (SSSR count). The molecular formula is C10H9F3N4O3. The number of aromatic nitrogens is 4. The predicted octanol–water partition coefficient (Wildman–Crippen LogP) is 1.22. The van der Waals surface area contributed by atoms with Crippen LogP contribution in [0.25, 0.3) is 11.4 Å². The van der Waals surface area contributed by atoms with Gasteiger partial charge in [0.05, 0.1) is 12.6 Å². The lowest BCUT2D eigenvalue weighted by atomic mass is 10.2. The number of aromatic hydroxyl groups is 1. The van der Waals surface area contributed by atoms with Crippen LogP contribution in [0.3, 0.4) is 0 Å². The molecule has 0 aliphatic carbocycles. The van der Waals surface area contributed by atoms with Crippen LogP contribution in [0.15, 0.2) is 24.3 Å². The molecule has 0 spiro atoms. The molecule has 0 aliphatic rings. The molecule has 2 N–H and O–H groups in total. The van der Waals surface area contributed by atoms with Gasteiger partial charge in [0.15, 0.2) is 0 Å². The SMILES string of the molecule is Cn1nnc(-c2ccccc2O)n1.O=C(O)C(F)(F)F. The standard InChI is InChI=1S/C8H8N4O.C2HF3O2/c1-12-10-8(9-11-12)6-4-2-3-5-7(6)13;3-2(4,5)1(6)7/h2-5,13H,1H3;(H,6,7). The van der Waals surface area contributed by atoms with Crippen molar-refractivity contribution >= 4 is 5.97 Å². The average Bonchev–Trinajstić information content (AvgIpc) is 2.76. The number of halogens is 3. The van der Waals surface area contributed by atoms with Gasteiger partial charge < -0.3 is 10.2 Å². The van der Waals surface area contributed by atoms with Crippen LogP contribution in [0.1, 0.15) is 0 Å². The van der Waals surface area contributed by atoms with Crippen LogP contribution in [-0.4, -0.2) is 42.6 Å². The van der Waals surface area contributed by atoms with Gasteiger partial charge in [0.2, 0.25) is 5.82 Å². The molecule has 108 valence electrons. The van der Waals surface area contributed by atoms with Crippen molar-refractivity contribution in [2.24, 2.45) is 7.05 Å². The number of aliphatic carboxylic acids is 1. The van der Waals surface area contributed by atoms with Gasteiger partial charge in [-0.25, -0.2) is 4.79 Å². The van der Waals surface area contributed by atoms with Crippen molar-refractivity contribution in [2.45, 2.75) is 6.18 Å². The summed E-state index contributed by atoms with van der Waals surface area (Å²) in [5.41, 5.74) is 0.593. The highest BCUT2D eigenvalue weighted by Gasteiger charge is 2.38. The van der Waals surface area contributed by atoms with Gasteiger partial charge in [-0.3, -0.25) is 0 Å². The molecule has 7 nitrogen and oxygen atoms in total. The van der Waals surface area contributed by atoms with Gasteiger partial charge in [-0.2, -0.15) is 18.0 Å². The molecule has 1 heterocycles. The van der Waals surface area contributed by atoms with E-state index >= 15 is 0 Å². The molecule has 10 heteroatoms. The Hall–Kier alpha value is -2.65. The van der Waals surface area contributed by atoms with E-state index in [1.807, 2.05) is 6.07 Å². The Balaban J connectivity index is 0.000000246. The number of alkyl halides is 3. The maximum absolute atomic E-state index is 10.6. The predicted molar refractivity (Wildman–Crippen MR) is 59.6 cm³/mol. The van der Waals surface area contributed by atoms with E-state index in [1.54, 1.807) is 25.2 Å². The Labute approximate surface area is 110 Å². The number of aryl methyl sites for hydroxylation is 1. The number of hydrogen-bond acceptors (Lipinski definition) is 5. The number of rotatable bonds is 1. The molecular weight excluding hydrogens is 281 g/mol. The van der Waals surface area contributed by atoms with Gasteiger partial charge in [0, 0.05) is 0 Å². The number of hydrogen-bond donors (Lipinski definition) is 2. The quantitative estimate of drug-likeness (QED) is 0.818. The van der Waals surface area contributed by atoms with Crippen LogP contribution in [0.2, 0.25) is 0 Å². The van der Waals surface area contributed by atoms with E-state index in [-0.39, 0.29) is 5.75 Å². The van der Waals surface area contributed by atoms with Gasteiger partial charge in [0.1, 0.15) is 5.75 Å². The number of nitrogens with zero attached hydrogens (tertiary/aromatic N) is 4. The first-order valence-corrected chi connectivity index (χ1v) is 5.04. The number of phenols is 1. The second kappa shape index (κ2) is 5.99. The Bertz CT molecular complexity index is 597. The third kappa shape index (κ3) is 4.23. The summed E-state index contributed by atoms with van der Waals surface area (Å²) < 4.78 is 31.7. The highest BCUT2D eigenvalue weighted by Crippen LogP contribution is 2.24. The summed E-state index contributed by atoms with van der Waals surface area (Å²) in [7, 11) is 1.68. The van der Waals surface area contributed by atoms with E-state index in [1.165, 1.54) is 4.80 Å². The van der Waals surface area contributed by atoms with Crippen molar-refractivity contribution in [2.75, 3.05) is 0 Å². The summed E-state index contributed by atoms with van der Waals surface area (Å²) in [6.07, 6.45) is -5.08. The van der Waals surface area contributed by atoms with Crippen molar-refractivity contribution < 1.29 is 28.2 Å². The molecule has 0 atom stereocenters. The maximum atomic E-state index is 10.6. The molecule has 2 aromatic rings. The fourth-order valence-electron chi connectivity index (χ4n) is 1.05. The Kier molecular flexibility index (Phi) is 4.62. The minimum atomic E-state index is -5.08. The molecule has 0 radical (unpaired) electrons. The maximum Gasteiger partial charge on any atom is 0.490 e. The third-order valence-corrected chi connectivity index (χ3v) is 1.90. The molecule has 0 aliphatic heterocycles. The summed E-state index contributed by atoms with van der Waals surface area (Å²) in [4.78, 5) is 10.2. The fourth-order valence-corrected chi connectivity index (χ4v) is 1.05. The Morgan fingerprint density at radius 2 is 1.85 bits per heavy atom. The number of phenolic OH excluding ortho intramolecular Hbond substituents is 1. The molecule has 0 saturated heterocycles. The second-order valence-corrected chi connectivity index (χ2v) is 3.42. The van der Waals surface area contributed by atoms with Gasteiger partial charge in [-0.15, -0.1) is 10.2 Å². The monoisotopic (exact) mass is 290 g/mol. The number of benzene rings is 1. The van der Waals surface area contributed by atoms with Crippen LogP contribution < -0.4 is 0 Å². The van der Waals surface area contributed by atoms with Crippen LogP contribution in [0.4, 0.5) is 13.2 Å². The summed E-state index contributed by atoms with van der Waals surface area (Å²) in [5.74, 6) is -2.16. The third-order valence-electron chi connectivity index (χ3n) is 1.90. The number of carboxylic acids is 1. The summed E-state index contributed by atoms with van der Waals surface area (Å²) >= 11 is 0. The highest BCUT2D eigenvalue weighted by molar-refractivity contribution is 5.73. The lowest BCUT2D eigenvalue weighted by molar-refractivity contribution is -0.192. The number of carboxylic acid groups (broad SMARTS) is 1. The van der Waals surface area contributed by atoms with E-state index in [0.717, 1.165) is 0 Å². The number of para-hydroxylation sites is 1. The summed E-state index contributed by atoms with van der Waals surface area (Å²) in [6, 6.07) is 6.89. The summed E-state index contributed by atoms with van der Waals surface area (Å²) in [6.45, 7) is 0. The van der Waals surface area contributed by atoms with Crippen LogP contribution in [0, 0.1) is 0 Å². The topological polar surface area (TPSA) is 101 Å². The number of carbonyl (C=O) groups is 1. The van der Waals surface area contributed by atoms with Crippen molar-refractivity contribution in [3.05, 3.63) is 24.3 Å². The first kappa shape index (κ1) is 15.4. The van der Waals surface area contributed by atoms with Crippen LogP contribution in [-0.2, 0) is 11.8 Å². The van der Waals surface area contributed by atoms with Gasteiger partial charge in [-0.1, -0.05) is 12.1 Å². The molecule has 0 fully saturated rings. The first-order valence-electron chi connectivity index (χ1n) is 5.04. The minimum absolute atomic E-state index is 0.163. The number of tetrazole rings is 1. The largest absolute Gasteiger partial charge is 0.507 e. The van der Waals surface area contributed by atoms with E-state index in [0.29, 0.717) is 11.4 Å². The van der Waals surface area contributed by atoms with E-state index in [4.69, 9.17) is 9.90 Å². The second-order valence-electron chi connectivity index (χ2n) is 3.42. The Morgan fingerprint density at radius 1 is 1.30 bits per heavy atom. The van der Waals surface area contributed by atoms with Crippen molar-refractivity contribution in [1.29, 1.82) is 0 Å². The summed E-state index contributed by atoms with van der Waals surface area (Å²) in [5, 5.41) is 28.0. The zero-order chi connectivity index (χ0) is 15.3. The Morgan fingerprint density at radius 3 is 2.25 bits per heavy atom. The van der Waals surface area contributed by atoms with Crippen molar-refractivity contribution in [3.8, 4) is 17.1 Å². The normalized spacial score (nSPS) is 10.6. The molecule has 0 saturated carbocycles. The van der Waals surface area contributed by atoms with Crippen molar-refractivity contribution in [3.63, 3.8) is 0 Å². The average molecular weight is 290 g/mol. The van der Waals surface area contributed by atoms with E-state index in [2.05, 4.69) is 15.4 Å². The van der Waals surface area contributed by atoms with E-state index in [9.17, 15) is 18.3 Å². The van der Waals surface area contributed by atoms with E-state index < -0.39 is 12.1 Å². The molecule has 0 unspecified atom stereocenters. The zero-order valence-corrected chi connectivity index (χ0v) is 10.0. The smallest absolute Gasteiger partial charge is 0.490 e. The van der Waals surface area contributed by atoms with Crippen LogP contribution in [0.5, 0.6) is 5.75 Å². The molecule has 0 amide bonds. The molecule has 0 bridgehead atoms. The van der Waals surface area contributed by atoms with Crippen LogP contribution >= 0.6 is 0 Å². The highest BCUT2D eigenvalue weighted by atomic mass is 19.4. The first-order chi connectivity index (χ1) is 9.21. The molecule has 1 aromatic heterocycles. The van der Waals surface area contributed by atoms with Gasteiger partial charge >= 0.3 is 12.1 Å². The lowest BCUT2D eigenvalue weighted by Gasteiger charge is -1.96. The molecule has 1 aromatic carbocycles. The zero-order valence-electron chi connectivity index (χ0n) is 10.0. The lowest BCUT2D eigenvalue weighted by Crippen LogP contribution is -2.21. The fraction of sp³-hybridized carbons (Fsp3) is 0.200. The minimum Gasteiger partial charge on any atom is -0.507 e. The van der Waals surface area contributed by atoms with Crippen molar-refractivity contribution in [1.82, 2.24) is 20.2 Å². The van der Waals surface area contributed by atoms with Gasteiger partial charge in [0.25, 0.3) is 0 Å².